The quantitative estimate of drug-likeness (QED) is 0.728. The molecule has 0 saturated carbocycles. The minimum absolute atomic E-state index is 0.459. The zero-order valence-corrected chi connectivity index (χ0v) is 9.26. The highest BCUT2D eigenvalue weighted by atomic mass is 16.3. The normalized spacial score (nSPS) is 10.9. The van der Waals surface area contributed by atoms with Crippen LogP contribution in [0, 0.1) is 0 Å². The Labute approximate surface area is 98.9 Å². The molecule has 0 unspecified atom stereocenters. The molecule has 17 heavy (non-hydrogen) atoms. The fraction of sp³-hybridized carbons (Fsp3) is 0.0714. The predicted octanol–water partition coefficient (Wildman–Crippen LogP) is 2.95. The summed E-state index contributed by atoms with van der Waals surface area (Å²) in [5.41, 5.74) is 9.28. The van der Waals surface area contributed by atoms with Gasteiger partial charge in [0.15, 0.2) is 5.58 Å². The van der Waals surface area contributed by atoms with E-state index in [-0.39, 0.29) is 0 Å². The number of oxazole rings is 1. The van der Waals surface area contributed by atoms with Gasteiger partial charge < -0.3 is 10.2 Å². The first-order valence-electron chi connectivity index (χ1n) is 5.52. The van der Waals surface area contributed by atoms with Gasteiger partial charge in [0.2, 0.25) is 5.89 Å². The van der Waals surface area contributed by atoms with Crippen LogP contribution in [0.15, 0.2) is 52.9 Å². The van der Waals surface area contributed by atoms with E-state index < -0.39 is 0 Å². The first kappa shape index (κ1) is 10.1. The summed E-state index contributed by atoms with van der Waals surface area (Å²) in [5, 5.41) is 0. The number of fused-ring (bicyclic) bond motifs is 1. The Morgan fingerprint density at radius 1 is 1.00 bits per heavy atom. The van der Waals surface area contributed by atoms with E-state index in [1.165, 1.54) is 0 Å². The molecule has 3 nitrogen and oxygen atoms in total. The van der Waals surface area contributed by atoms with Gasteiger partial charge in [-0.3, -0.25) is 0 Å². The summed E-state index contributed by atoms with van der Waals surface area (Å²) in [6.45, 7) is 0.459. The Balaban J connectivity index is 2.20. The Kier molecular flexibility index (Phi) is 2.38. The first-order valence-corrected chi connectivity index (χ1v) is 5.52. The van der Waals surface area contributed by atoms with Crippen LogP contribution in [0.5, 0.6) is 0 Å². The zero-order valence-electron chi connectivity index (χ0n) is 9.26. The average Bonchev–Trinajstić information content (AvgIpc) is 2.83. The van der Waals surface area contributed by atoms with E-state index in [4.69, 9.17) is 10.2 Å². The van der Waals surface area contributed by atoms with Crippen molar-refractivity contribution < 1.29 is 4.42 Å². The minimum Gasteiger partial charge on any atom is -0.436 e. The van der Waals surface area contributed by atoms with Crippen LogP contribution >= 0.6 is 0 Å². The summed E-state index contributed by atoms with van der Waals surface area (Å²) in [6.07, 6.45) is 0. The summed E-state index contributed by atoms with van der Waals surface area (Å²) in [5.74, 6) is 0.640. The molecule has 0 spiro atoms. The van der Waals surface area contributed by atoms with E-state index in [1.807, 2.05) is 48.5 Å². The summed E-state index contributed by atoms with van der Waals surface area (Å²) in [6, 6.07) is 15.7. The Hall–Kier alpha value is -2.13. The highest BCUT2D eigenvalue weighted by Gasteiger charge is 2.09. The van der Waals surface area contributed by atoms with Crippen LogP contribution in [0.4, 0.5) is 0 Å². The van der Waals surface area contributed by atoms with Crippen LogP contribution in [0.2, 0.25) is 0 Å². The molecule has 84 valence electrons. The molecule has 3 rings (SSSR count). The monoisotopic (exact) mass is 224 g/mol. The topological polar surface area (TPSA) is 52.0 Å². The van der Waals surface area contributed by atoms with Crippen molar-refractivity contribution in [2.75, 3.05) is 0 Å². The highest BCUT2D eigenvalue weighted by molar-refractivity contribution is 5.79. The molecule has 2 N–H and O–H groups in total. The molecule has 0 saturated heterocycles. The zero-order chi connectivity index (χ0) is 11.7. The number of aromatic nitrogens is 1. The maximum absolute atomic E-state index is 5.78. The Morgan fingerprint density at radius 3 is 2.59 bits per heavy atom. The van der Waals surface area contributed by atoms with Gasteiger partial charge in [-0.1, -0.05) is 30.3 Å². The van der Waals surface area contributed by atoms with Gasteiger partial charge in [-0.25, -0.2) is 4.98 Å². The molecule has 0 aliphatic rings. The number of nitrogens with two attached hydrogens (primary N) is 1. The van der Waals surface area contributed by atoms with Crippen molar-refractivity contribution in [3.63, 3.8) is 0 Å². The standard InChI is InChI=1S/C14H12N2O/c15-9-11-7-4-8-12-13(11)17-14(16-12)10-5-2-1-3-6-10/h1-8H,9,15H2. The van der Waals surface area contributed by atoms with Crippen LogP contribution < -0.4 is 5.73 Å². The van der Waals surface area contributed by atoms with Gasteiger partial charge in [0.05, 0.1) is 0 Å². The second-order valence-corrected chi connectivity index (χ2v) is 3.85. The summed E-state index contributed by atoms with van der Waals surface area (Å²) < 4.78 is 5.78. The van der Waals surface area contributed by atoms with Crippen molar-refractivity contribution in [2.45, 2.75) is 6.54 Å². The SMILES string of the molecule is NCc1cccc2nc(-c3ccccc3)oc12. The number of hydrogen-bond acceptors (Lipinski definition) is 3. The Bertz CT molecular complexity index is 644. The minimum atomic E-state index is 0.459. The number of rotatable bonds is 2. The maximum Gasteiger partial charge on any atom is 0.227 e. The lowest BCUT2D eigenvalue weighted by atomic mass is 10.2. The Morgan fingerprint density at radius 2 is 1.82 bits per heavy atom. The number of nitrogens with zero attached hydrogens (tertiary/aromatic N) is 1. The van der Waals surface area contributed by atoms with E-state index in [0.29, 0.717) is 12.4 Å². The molecule has 0 radical (unpaired) electrons. The molecule has 3 aromatic rings. The maximum atomic E-state index is 5.78. The van der Waals surface area contributed by atoms with E-state index in [0.717, 1.165) is 22.2 Å². The van der Waals surface area contributed by atoms with Crippen LogP contribution in [0.1, 0.15) is 5.56 Å². The van der Waals surface area contributed by atoms with E-state index >= 15 is 0 Å². The third-order valence-corrected chi connectivity index (χ3v) is 2.74. The van der Waals surface area contributed by atoms with E-state index in [1.54, 1.807) is 0 Å². The molecule has 0 fully saturated rings. The molecule has 0 bridgehead atoms. The van der Waals surface area contributed by atoms with Gasteiger partial charge in [0, 0.05) is 17.7 Å². The van der Waals surface area contributed by atoms with Crippen LogP contribution in [0.25, 0.3) is 22.6 Å². The van der Waals surface area contributed by atoms with Gasteiger partial charge in [-0.2, -0.15) is 0 Å². The van der Waals surface area contributed by atoms with Crippen molar-refractivity contribution >= 4 is 11.1 Å². The molecule has 0 amide bonds. The summed E-state index contributed by atoms with van der Waals surface area (Å²) >= 11 is 0. The smallest absolute Gasteiger partial charge is 0.227 e. The number of benzene rings is 2. The molecular weight excluding hydrogens is 212 g/mol. The fourth-order valence-corrected chi connectivity index (χ4v) is 1.87. The highest BCUT2D eigenvalue weighted by Crippen LogP contribution is 2.26. The van der Waals surface area contributed by atoms with Crippen LogP contribution in [-0.4, -0.2) is 4.98 Å². The molecular formula is C14H12N2O. The largest absolute Gasteiger partial charge is 0.436 e. The van der Waals surface area contributed by atoms with Crippen molar-refractivity contribution in [3.05, 3.63) is 54.1 Å². The lowest BCUT2D eigenvalue weighted by molar-refractivity contribution is 0.615. The lowest BCUT2D eigenvalue weighted by Gasteiger charge is -1.95. The predicted molar refractivity (Wildman–Crippen MR) is 67.3 cm³/mol. The van der Waals surface area contributed by atoms with Crippen molar-refractivity contribution in [2.24, 2.45) is 5.73 Å². The molecule has 0 aliphatic carbocycles. The van der Waals surface area contributed by atoms with Gasteiger partial charge in [0.1, 0.15) is 5.52 Å². The van der Waals surface area contributed by atoms with Gasteiger partial charge in [0.25, 0.3) is 0 Å². The van der Waals surface area contributed by atoms with Crippen LogP contribution in [0.3, 0.4) is 0 Å². The molecule has 0 atom stereocenters. The third kappa shape index (κ3) is 1.70. The van der Waals surface area contributed by atoms with Crippen molar-refractivity contribution in [1.29, 1.82) is 0 Å². The number of hydrogen-bond donors (Lipinski definition) is 1. The van der Waals surface area contributed by atoms with Crippen LogP contribution in [-0.2, 0) is 6.54 Å². The van der Waals surface area contributed by atoms with E-state index in [9.17, 15) is 0 Å². The van der Waals surface area contributed by atoms with Crippen molar-refractivity contribution in [1.82, 2.24) is 4.98 Å². The van der Waals surface area contributed by atoms with Crippen molar-refractivity contribution in [3.8, 4) is 11.5 Å². The molecule has 3 heteroatoms. The van der Waals surface area contributed by atoms with Gasteiger partial charge in [-0.15, -0.1) is 0 Å². The van der Waals surface area contributed by atoms with Gasteiger partial charge >= 0.3 is 0 Å². The first-order chi connectivity index (χ1) is 8.38. The second kappa shape index (κ2) is 4.03. The number of para-hydroxylation sites is 1. The summed E-state index contributed by atoms with van der Waals surface area (Å²) in [4.78, 5) is 4.47. The summed E-state index contributed by atoms with van der Waals surface area (Å²) in [7, 11) is 0. The van der Waals surface area contributed by atoms with Gasteiger partial charge in [-0.05, 0) is 18.2 Å². The lowest BCUT2D eigenvalue weighted by Crippen LogP contribution is -1.95. The molecule has 0 aliphatic heterocycles. The molecule has 1 aromatic heterocycles. The molecule has 1 heterocycles. The average molecular weight is 224 g/mol. The van der Waals surface area contributed by atoms with E-state index in [2.05, 4.69) is 4.98 Å². The fourth-order valence-electron chi connectivity index (χ4n) is 1.87. The second-order valence-electron chi connectivity index (χ2n) is 3.85. The molecule has 2 aromatic carbocycles. The third-order valence-electron chi connectivity index (χ3n) is 2.74.